The number of hydrogen-bond donors (Lipinski definition) is 2. The number of nitrogens with two attached hydrogens (primary N) is 1. The highest BCUT2D eigenvalue weighted by atomic mass is 127. The van der Waals surface area contributed by atoms with E-state index < -0.39 is 29.4 Å². The smallest absolute Gasteiger partial charge is 0.410 e. The molecule has 1 atom stereocenters. The molecule has 0 saturated heterocycles. The van der Waals surface area contributed by atoms with Gasteiger partial charge in [-0.1, -0.05) is 12.7 Å². The lowest BCUT2D eigenvalue weighted by Crippen LogP contribution is -2.45. The zero-order valence-corrected chi connectivity index (χ0v) is 18.4. The van der Waals surface area contributed by atoms with Crippen molar-refractivity contribution in [3.63, 3.8) is 0 Å². The zero-order chi connectivity index (χ0) is 19.0. The van der Waals surface area contributed by atoms with Gasteiger partial charge in [0.25, 0.3) is 10.0 Å². The molecule has 142 valence electrons. The third-order valence-electron chi connectivity index (χ3n) is 3.72. The number of thiophene rings is 1. The van der Waals surface area contributed by atoms with Crippen molar-refractivity contribution < 1.29 is 22.2 Å². The van der Waals surface area contributed by atoms with Crippen LogP contribution in [0.1, 0.15) is 18.5 Å². The second kappa shape index (κ2) is 7.60. The van der Waals surface area contributed by atoms with Crippen LogP contribution in [0.2, 0.25) is 0 Å². The van der Waals surface area contributed by atoms with Crippen LogP contribution in [0, 0.1) is 0 Å². The van der Waals surface area contributed by atoms with Crippen molar-refractivity contribution in [2.45, 2.75) is 21.4 Å². The second-order valence-electron chi connectivity index (χ2n) is 5.36. The number of fused-ring (bicyclic) bond motifs is 1. The highest BCUT2D eigenvalue weighted by molar-refractivity contribution is 14.2. The number of halogens is 1. The Bertz CT molecular complexity index is 832. The fourth-order valence-corrected chi connectivity index (χ4v) is 7.95. The molecule has 2 rings (SSSR count). The first-order valence-electron chi connectivity index (χ1n) is 7.27. The molecule has 2 heterocycles. The molecule has 0 spiro atoms. The monoisotopic (exact) mass is 521 g/mol. The Labute approximate surface area is 164 Å². The van der Waals surface area contributed by atoms with E-state index in [1.165, 1.54) is 28.4 Å². The number of ether oxygens (including phenoxy) is 1. The van der Waals surface area contributed by atoms with Crippen LogP contribution in [-0.2, 0) is 22.1 Å². The van der Waals surface area contributed by atoms with Crippen LogP contribution in [0.5, 0.6) is 0 Å². The minimum absolute atomic E-state index is 0.0592. The van der Waals surface area contributed by atoms with Crippen LogP contribution in [-0.4, -0.2) is 54.7 Å². The molecule has 2 N–H and O–H groups in total. The van der Waals surface area contributed by atoms with Crippen molar-refractivity contribution in [2.24, 2.45) is 5.14 Å². The van der Waals surface area contributed by atoms with Crippen molar-refractivity contribution in [1.29, 1.82) is 0 Å². The number of nitrogens with zero attached hydrogens (tertiary/aromatic N) is 2. The van der Waals surface area contributed by atoms with Crippen molar-refractivity contribution in [1.82, 2.24) is 9.21 Å². The predicted octanol–water partition coefficient (Wildman–Crippen LogP) is 1.67. The molecule has 12 heteroatoms. The molecule has 8 nitrogen and oxygen atoms in total. The standard InChI is InChI=1S/C13H20IN3O5S3/c1-4-6-22-13(18)17(5-2)10-8-16(3)25(20,21)12-9(10)7-11(23-12)24(14,15)19/h4,7,10,24H,1,5-6,8H2,2-3H3,(H2,15,19)/t10-/m0/s1. The van der Waals surface area contributed by atoms with E-state index in [9.17, 15) is 17.4 Å². The molecular weight excluding hydrogens is 501 g/mol. The lowest BCUT2D eigenvalue weighted by atomic mass is 10.1. The van der Waals surface area contributed by atoms with E-state index in [1.54, 1.807) is 28.1 Å². The molecule has 0 aliphatic carbocycles. The molecule has 1 aromatic rings. The number of thiol groups is 1. The van der Waals surface area contributed by atoms with Crippen molar-refractivity contribution in [2.75, 3.05) is 26.7 Å². The average molecular weight is 521 g/mol. The fourth-order valence-electron chi connectivity index (χ4n) is 2.50. The van der Waals surface area contributed by atoms with Crippen LogP contribution in [0.3, 0.4) is 0 Å². The van der Waals surface area contributed by atoms with Crippen LogP contribution >= 0.6 is 32.5 Å². The van der Waals surface area contributed by atoms with Gasteiger partial charge in [-0.2, -0.15) is 4.31 Å². The Balaban J connectivity index is 2.54. The van der Waals surface area contributed by atoms with Crippen molar-refractivity contribution in [3.05, 3.63) is 24.3 Å². The molecular formula is C13H20IN3O5S3. The minimum atomic E-state index is -3.70. The lowest BCUT2D eigenvalue weighted by Gasteiger charge is -2.36. The summed E-state index contributed by atoms with van der Waals surface area (Å²) in [7, 11) is -5.40. The minimum Gasteiger partial charge on any atom is -0.445 e. The zero-order valence-electron chi connectivity index (χ0n) is 13.7. The summed E-state index contributed by atoms with van der Waals surface area (Å²) in [6.07, 6.45) is 0.891. The molecule has 0 bridgehead atoms. The maximum atomic E-state index is 12.6. The molecule has 0 aromatic carbocycles. The van der Waals surface area contributed by atoms with E-state index >= 15 is 0 Å². The van der Waals surface area contributed by atoms with E-state index in [1.807, 2.05) is 0 Å². The fraction of sp³-hybridized carbons (Fsp3) is 0.462. The summed E-state index contributed by atoms with van der Waals surface area (Å²) in [5.74, 6) is 0. The van der Waals surface area contributed by atoms with Crippen LogP contribution in [0.15, 0.2) is 27.1 Å². The lowest BCUT2D eigenvalue weighted by molar-refractivity contribution is 0.0913. The molecule has 0 unspecified atom stereocenters. The molecule has 1 aliphatic heterocycles. The summed E-state index contributed by atoms with van der Waals surface area (Å²) in [4.78, 5) is 13.8. The topological polar surface area (TPSA) is 110 Å². The SMILES string of the molecule is C=CCOC(=O)N(CC)[C@H]1CN(C)S(=O)(=O)c2sc([SH](N)(=O)I)cc21. The van der Waals surface area contributed by atoms with E-state index in [2.05, 4.69) is 6.58 Å². The first-order chi connectivity index (χ1) is 11.5. The molecule has 1 aromatic heterocycles. The normalized spacial score (nSPS) is 20.6. The molecule has 1 amide bonds. The van der Waals surface area contributed by atoms with Crippen LogP contribution in [0.4, 0.5) is 4.79 Å². The van der Waals surface area contributed by atoms with E-state index in [4.69, 9.17) is 9.88 Å². The molecule has 25 heavy (non-hydrogen) atoms. The van der Waals surface area contributed by atoms with Gasteiger partial charge in [-0.05, 0) is 13.0 Å². The van der Waals surface area contributed by atoms with Gasteiger partial charge in [0.2, 0.25) is 0 Å². The number of sulfonamides is 1. The third-order valence-corrected chi connectivity index (χ3v) is 11.4. The van der Waals surface area contributed by atoms with Crippen molar-refractivity contribution in [3.8, 4) is 0 Å². The third kappa shape index (κ3) is 4.08. The molecule has 0 radical (unpaired) electrons. The van der Waals surface area contributed by atoms with Crippen LogP contribution in [0.25, 0.3) is 0 Å². The van der Waals surface area contributed by atoms with Gasteiger partial charge >= 0.3 is 6.09 Å². The average Bonchev–Trinajstić information content (AvgIpc) is 2.97. The Kier molecular flexibility index (Phi) is 6.31. The van der Waals surface area contributed by atoms with Crippen molar-refractivity contribution >= 4 is 55.9 Å². The quantitative estimate of drug-likeness (QED) is 0.265. The Morgan fingerprint density at radius 3 is 2.84 bits per heavy atom. The van der Waals surface area contributed by atoms with Gasteiger partial charge in [0.1, 0.15) is 10.8 Å². The number of carbonyl (C=O) groups excluding carboxylic acids is 1. The highest BCUT2D eigenvalue weighted by Crippen LogP contribution is 2.43. The molecule has 1 aliphatic rings. The number of carbonyl (C=O) groups is 1. The first kappa shape index (κ1) is 20.8. The van der Waals surface area contributed by atoms with Gasteiger partial charge in [-0.15, -0.1) is 11.3 Å². The summed E-state index contributed by atoms with van der Waals surface area (Å²) in [5.41, 5.74) is 0.429. The second-order valence-corrected chi connectivity index (χ2v) is 14.9. The summed E-state index contributed by atoms with van der Waals surface area (Å²) in [6.45, 7) is 5.74. The predicted molar refractivity (Wildman–Crippen MR) is 107 cm³/mol. The Hall–Kier alpha value is -0.540. The maximum absolute atomic E-state index is 12.6. The number of rotatable bonds is 5. The number of amides is 1. The van der Waals surface area contributed by atoms with Gasteiger partial charge in [-0.25, -0.2) is 13.2 Å². The largest absolute Gasteiger partial charge is 0.445 e. The van der Waals surface area contributed by atoms with E-state index in [-0.39, 0.29) is 17.4 Å². The summed E-state index contributed by atoms with van der Waals surface area (Å²) < 4.78 is 44.0. The van der Waals surface area contributed by atoms with Gasteiger partial charge in [0, 0.05) is 54.2 Å². The Morgan fingerprint density at radius 2 is 2.32 bits per heavy atom. The number of hydrogen-bond acceptors (Lipinski definition) is 6. The van der Waals surface area contributed by atoms with Gasteiger partial charge in [0.15, 0.2) is 0 Å². The summed E-state index contributed by atoms with van der Waals surface area (Å²) in [5, 5.41) is 5.70. The Morgan fingerprint density at radius 1 is 1.68 bits per heavy atom. The molecule has 0 fully saturated rings. The van der Waals surface area contributed by atoms with E-state index in [0.29, 0.717) is 16.3 Å². The van der Waals surface area contributed by atoms with Gasteiger partial charge < -0.3 is 9.64 Å². The van der Waals surface area contributed by atoms with E-state index in [0.717, 1.165) is 11.3 Å². The number of likely N-dealkylation sites (N-methyl/N-ethyl adjacent to an activating group) is 2. The van der Waals surface area contributed by atoms with Crippen LogP contribution < -0.4 is 5.14 Å². The highest BCUT2D eigenvalue weighted by Gasteiger charge is 2.41. The summed E-state index contributed by atoms with van der Waals surface area (Å²) in [6, 6.07) is 0.991. The van der Waals surface area contributed by atoms with Gasteiger partial charge in [-0.3, -0.25) is 9.35 Å². The molecule has 0 saturated carbocycles. The summed E-state index contributed by atoms with van der Waals surface area (Å²) >= 11 is 2.52. The maximum Gasteiger partial charge on any atom is 0.410 e. The van der Waals surface area contributed by atoms with Gasteiger partial charge in [0.05, 0.1) is 10.3 Å². The first-order valence-corrected chi connectivity index (χ1v) is 14.1.